The Balaban J connectivity index is 2.16. The highest BCUT2D eigenvalue weighted by Gasteiger charge is 2.18. The van der Waals surface area contributed by atoms with Gasteiger partial charge in [0.2, 0.25) is 0 Å². The Morgan fingerprint density at radius 2 is 2.38 bits per heavy atom. The Morgan fingerprint density at radius 1 is 1.54 bits per heavy atom. The molecular formula is C10H22N2O. The third-order valence-corrected chi connectivity index (χ3v) is 2.54. The van der Waals surface area contributed by atoms with E-state index < -0.39 is 0 Å². The lowest BCUT2D eigenvalue weighted by Crippen LogP contribution is -2.40. The van der Waals surface area contributed by atoms with Crippen LogP contribution in [0.1, 0.15) is 26.2 Å². The van der Waals surface area contributed by atoms with E-state index >= 15 is 0 Å². The number of nitrogens with zero attached hydrogens (tertiary/aromatic N) is 1. The summed E-state index contributed by atoms with van der Waals surface area (Å²) in [6.07, 6.45) is 4.08. The molecule has 0 amide bonds. The molecule has 1 aliphatic rings. The van der Waals surface area contributed by atoms with Crippen LogP contribution in [0.3, 0.4) is 0 Å². The first-order valence-corrected chi connectivity index (χ1v) is 5.40. The third kappa shape index (κ3) is 4.07. The van der Waals surface area contributed by atoms with E-state index in [0.29, 0.717) is 6.10 Å². The number of likely N-dealkylation sites (tertiary alicyclic amines) is 1. The van der Waals surface area contributed by atoms with Crippen LogP contribution >= 0.6 is 0 Å². The largest absolute Gasteiger partial charge is 0.377 e. The molecule has 0 saturated carbocycles. The number of ether oxygens (including phenoxy) is 1. The predicted molar refractivity (Wildman–Crippen MR) is 54.8 cm³/mol. The summed E-state index contributed by atoms with van der Waals surface area (Å²) in [5.41, 5.74) is 5.48. The summed E-state index contributed by atoms with van der Waals surface area (Å²) in [5.74, 6) is 0. The highest BCUT2D eigenvalue weighted by Crippen LogP contribution is 2.12. The minimum atomic E-state index is 0.469. The summed E-state index contributed by atoms with van der Waals surface area (Å²) in [7, 11) is 0. The zero-order chi connectivity index (χ0) is 9.52. The van der Waals surface area contributed by atoms with Crippen molar-refractivity contribution in [3.63, 3.8) is 0 Å². The Labute approximate surface area is 81.2 Å². The molecule has 0 spiro atoms. The summed E-state index contributed by atoms with van der Waals surface area (Å²) in [5, 5.41) is 0. The first kappa shape index (κ1) is 11.0. The first-order valence-electron chi connectivity index (χ1n) is 5.40. The van der Waals surface area contributed by atoms with Gasteiger partial charge in [-0.15, -0.1) is 0 Å². The van der Waals surface area contributed by atoms with Crippen molar-refractivity contribution in [1.82, 2.24) is 4.90 Å². The molecule has 1 aliphatic heterocycles. The number of hydrogen-bond donors (Lipinski definition) is 1. The zero-order valence-electron chi connectivity index (χ0n) is 8.67. The van der Waals surface area contributed by atoms with E-state index in [1.165, 1.54) is 19.4 Å². The molecule has 0 aromatic rings. The lowest BCUT2D eigenvalue weighted by Gasteiger charge is -2.32. The van der Waals surface area contributed by atoms with Gasteiger partial charge in [-0.2, -0.15) is 0 Å². The van der Waals surface area contributed by atoms with Crippen molar-refractivity contribution in [2.45, 2.75) is 32.3 Å². The van der Waals surface area contributed by atoms with Crippen LogP contribution in [0.15, 0.2) is 0 Å². The van der Waals surface area contributed by atoms with Crippen LogP contribution in [0, 0.1) is 0 Å². The van der Waals surface area contributed by atoms with Crippen LogP contribution < -0.4 is 5.73 Å². The van der Waals surface area contributed by atoms with Gasteiger partial charge < -0.3 is 15.4 Å². The van der Waals surface area contributed by atoms with Crippen LogP contribution in [0.4, 0.5) is 0 Å². The minimum Gasteiger partial charge on any atom is -0.377 e. The first-order chi connectivity index (χ1) is 6.36. The highest BCUT2D eigenvalue weighted by atomic mass is 16.5. The normalized spacial score (nSPS) is 24.9. The Bertz CT molecular complexity index is 128. The number of hydrogen-bond acceptors (Lipinski definition) is 3. The minimum absolute atomic E-state index is 0.469. The SMILES string of the molecule is CCOC1CCCN(CCCN)C1. The zero-order valence-corrected chi connectivity index (χ0v) is 8.67. The van der Waals surface area contributed by atoms with Crippen molar-refractivity contribution in [2.24, 2.45) is 5.73 Å². The predicted octanol–water partition coefficient (Wildman–Crippen LogP) is 0.836. The van der Waals surface area contributed by atoms with Gasteiger partial charge in [0.1, 0.15) is 0 Å². The van der Waals surface area contributed by atoms with Gasteiger partial charge in [-0.1, -0.05) is 0 Å². The van der Waals surface area contributed by atoms with E-state index in [9.17, 15) is 0 Å². The molecule has 0 aliphatic carbocycles. The fourth-order valence-corrected chi connectivity index (χ4v) is 1.90. The second kappa shape index (κ2) is 6.35. The smallest absolute Gasteiger partial charge is 0.0702 e. The maximum atomic E-state index is 5.62. The molecule has 3 nitrogen and oxygen atoms in total. The second-order valence-corrected chi connectivity index (χ2v) is 3.66. The third-order valence-electron chi connectivity index (χ3n) is 2.54. The molecule has 0 aromatic carbocycles. The molecular weight excluding hydrogens is 164 g/mol. The summed E-state index contributed by atoms with van der Waals surface area (Å²) in [6, 6.07) is 0. The molecule has 1 saturated heterocycles. The monoisotopic (exact) mass is 186 g/mol. The highest BCUT2D eigenvalue weighted by molar-refractivity contribution is 4.73. The van der Waals surface area contributed by atoms with Gasteiger partial charge in [0, 0.05) is 13.2 Å². The number of piperidine rings is 1. The van der Waals surface area contributed by atoms with Gasteiger partial charge in [0.15, 0.2) is 0 Å². The molecule has 1 heterocycles. The molecule has 0 aromatic heterocycles. The summed E-state index contributed by atoms with van der Waals surface area (Å²) >= 11 is 0. The Morgan fingerprint density at radius 3 is 3.08 bits per heavy atom. The van der Waals surface area contributed by atoms with Crippen molar-refractivity contribution in [3.8, 4) is 0 Å². The van der Waals surface area contributed by atoms with Crippen LogP contribution in [0.5, 0.6) is 0 Å². The summed E-state index contributed by atoms with van der Waals surface area (Å²) in [4.78, 5) is 2.47. The number of nitrogens with two attached hydrogens (primary N) is 1. The van der Waals surface area contributed by atoms with Crippen LogP contribution in [0.25, 0.3) is 0 Å². The van der Waals surface area contributed by atoms with E-state index in [-0.39, 0.29) is 0 Å². The topological polar surface area (TPSA) is 38.5 Å². The molecule has 2 N–H and O–H groups in total. The van der Waals surface area contributed by atoms with E-state index in [1.807, 2.05) is 0 Å². The van der Waals surface area contributed by atoms with Crippen LogP contribution in [-0.4, -0.2) is 43.8 Å². The lowest BCUT2D eigenvalue weighted by molar-refractivity contribution is 0.00591. The molecule has 1 atom stereocenters. The van der Waals surface area contributed by atoms with Crippen molar-refractivity contribution in [3.05, 3.63) is 0 Å². The van der Waals surface area contributed by atoms with Gasteiger partial charge >= 0.3 is 0 Å². The van der Waals surface area contributed by atoms with Crippen LogP contribution in [0.2, 0.25) is 0 Å². The van der Waals surface area contributed by atoms with Crippen molar-refractivity contribution in [2.75, 3.05) is 32.8 Å². The molecule has 1 fully saturated rings. The van der Waals surface area contributed by atoms with Crippen molar-refractivity contribution in [1.29, 1.82) is 0 Å². The molecule has 1 unspecified atom stereocenters. The summed E-state index contributed by atoms with van der Waals surface area (Å²) < 4.78 is 5.62. The quantitative estimate of drug-likeness (QED) is 0.691. The lowest BCUT2D eigenvalue weighted by atomic mass is 10.1. The molecule has 0 bridgehead atoms. The van der Waals surface area contributed by atoms with Crippen LogP contribution in [-0.2, 0) is 4.74 Å². The standard InChI is InChI=1S/C10H22N2O/c1-2-13-10-5-3-7-12(9-10)8-4-6-11/h10H,2-9,11H2,1H3. The van der Waals surface area contributed by atoms with Gasteiger partial charge in [-0.3, -0.25) is 0 Å². The Kier molecular flexibility index (Phi) is 5.35. The van der Waals surface area contributed by atoms with Gasteiger partial charge in [0.25, 0.3) is 0 Å². The summed E-state index contributed by atoms with van der Waals surface area (Å²) in [6.45, 7) is 7.18. The molecule has 3 heteroatoms. The molecule has 78 valence electrons. The maximum absolute atomic E-state index is 5.62. The average molecular weight is 186 g/mol. The second-order valence-electron chi connectivity index (χ2n) is 3.66. The van der Waals surface area contributed by atoms with E-state index in [0.717, 1.165) is 32.7 Å². The average Bonchev–Trinajstić information content (AvgIpc) is 2.16. The fourth-order valence-electron chi connectivity index (χ4n) is 1.90. The van der Waals surface area contributed by atoms with Gasteiger partial charge in [0.05, 0.1) is 6.10 Å². The maximum Gasteiger partial charge on any atom is 0.0702 e. The van der Waals surface area contributed by atoms with E-state index in [1.54, 1.807) is 0 Å². The van der Waals surface area contributed by atoms with E-state index in [4.69, 9.17) is 10.5 Å². The van der Waals surface area contributed by atoms with Gasteiger partial charge in [-0.25, -0.2) is 0 Å². The Hall–Kier alpha value is -0.120. The van der Waals surface area contributed by atoms with Crippen molar-refractivity contribution >= 4 is 0 Å². The molecule has 13 heavy (non-hydrogen) atoms. The number of rotatable bonds is 5. The van der Waals surface area contributed by atoms with Gasteiger partial charge in [-0.05, 0) is 45.8 Å². The van der Waals surface area contributed by atoms with E-state index in [2.05, 4.69) is 11.8 Å². The molecule has 1 rings (SSSR count). The molecule has 0 radical (unpaired) electrons. The van der Waals surface area contributed by atoms with Crippen molar-refractivity contribution < 1.29 is 4.74 Å². The fraction of sp³-hybridized carbons (Fsp3) is 1.00.